The number of rotatable bonds is 2. The minimum Gasteiger partial charge on any atom is -0.332 e. The standard InChI is InChI=1S/C11H22N.Rb/c1-8(2)11-7-12(9(3)4)6-10(11)5;/h8-9,11H,6-7H2,1-5H3;/q-1;+1. The normalized spacial score (nSPS) is 25.6. The molecular formula is C11H22NRb. The van der Waals surface area contributed by atoms with E-state index in [1.54, 1.807) is 5.92 Å². The Kier molecular flexibility index (Phi) is 7.23. The maximum Gasteiger partial charge on any atom is 1.00 e. The molecule has 13 heavy (non-hydrogen) atoms. The van der Waals surface area contributed by atoms with Gasteiger partial charge in [-0.2, -0.15) is 6.92 Å². The average molecular weight is 254 g/mol. The van der Waals surface area contributed by atoms with Crippen molar-refractivity contribution in [3.05, 3.63) is 5.92 Å². The summed E-state index contributed by atoms with van der Waals surface area (Å²) in [6.45, 7) is 14.1. The van der Waals surface area contributed by atoms with Crippen molar-refractivity contribution >= 4 is 0 Å². The molecule has 0 bridgehead atoms. The van der Waals surface area contributed by atoms with Crippen molar-refractivity contribution in [3.63, 3.8) is 0 Å². The average Bonchev–Trinajstić information content (AvgIpc) is 2.30. The number of hydrogen-bond acceptors (Lipinski definition) is 1. The molecule has 72 valence electrons. The molecular weight excluding hydrogens is 232 g/mol. The Morgan fingerprint density at radius 3 is 2.00 bits per heavy atom. The van der Waals surface area contributed by atoms with Gasteiger partial charge < -0.3 is 4.90 Å². The molecule has 0 saturated carbocycles. The Morgan fingerprint density at radius 2 is 1.77 bits per heavy atom. The molecule has 1 rings (SSSR count). The maximum absolute atomic E-state index is 2.57. The smallest absolute Gasteiger partial charge is 0.332 e. The van der Waals surface area contributed by atoms with E-state index in [1.807, 2.05) is 0 Å². The molecule has 0 spiro atoms. The van der Waals surface area contributed by atoms with Crippen LogP contribution in [0.3, 0.4) is 0 Å². The fraction of sp³-hybridized carbons (Fsp3) is 0.909. The molecule has 0 aromatic rings. The SMILES string of the molecule is C[C-]1CN(C(C)C)CC1C(C)C.[Rb+]. The van der Waals surface area contributed by atoms with Crippen LogP contribution in [0, 0.1) is 17.8 Å². The molecule has 1 aliphatic rings. The Balaban J connectivity index is 0.00000144. The summed E-state index contributed by atoms with van der Waals surface area (Å²) in [7, 11) is 0. The van der Waals surface area contributed by atoms with Crippen molar-refractivity contribution in [2.45, 2.75) is 40.7 Å². The minimum atomic E-state index is 0. The predicted molar refractivity (Wildman–Crippen MR) is 54.0 cm³/mol. The van der Waals surface area contributed by atoms with E-state index in [-0.39, 0.29) is 58.2 Å². The summed E-state index contributed by atoms with van der Waals surface area (Å²) < 4.78 is 0. The van der Waals surface area contributed by atoms with E-state index in [1.165, 1.54) is 13.1 Å². The van der Waals surface area contributed by atoms with Gasteiger partial charge in [0.1, 0.15) is 0 Å². The fourth-order valence-corrected chi connectivity index (χ4v) is 2.08. The number of likely N-dealkylation sites (tertiary alicyclic amines) is 1. The van der Waals surface area contributed by atoms with Crippen LogP contribution in [0.15, 0.2) is 0 Å². The first kappa shape index (κ1) is 14.8. The Hall–Kier alpha value is 1.77. The minimum absolute atomic E-state index is 0. The largest absolute Gasteiger partial charge is 1.00 e. The van der Waals surface area contributed by atoms with Gasteiger partial charge in [-0.1, -0.05) is 19.8 Å². The summed E-state index contributed by atoms with van der Waals surface area (Å²) >= 11 is 0. The molecule has 1 heterocycles. The quantitative estimate of drug-likeness (QED) is 0.605. The topological polar surface area (TPSA) is 3.24 Å². The van der Waals surface area contributed by atoms with Crippen LogP contribution in [0.4, 0.5) is 0 Å². The third-order valence-electron chi connectivity index (χ3n) is 3.05. The molecule has 0 aliphatic carbocycles. The number of nitrogens with zero attached hydrogens (tertiary/aromatic N) is 1. The Labute approximate surface area is 132 Å². The van der Waals surface area contributed by atoms with E-state index < -0.39 is 0 Å². The van der Waals surface area contributed by atoms with Gasteiger partial charge in [-0.25, -0.2) is 0 Å². The molecule has 1 saturated heterocycles. The molecule has 0 aromatic carbocycles. The summed E-state index contributed by atoms with van der Waals surface area (Å²) in [6.07, 6.45) is 0. The van der Waals surface area contributed by atoms with E-state index in [9.17, 15) is 0 Å². The third-order valence-corrected chi connectivity index (χ3v) is 3.05. The van der Waals surface area contributed by atoms with Gasteiger partial charge in [0, 0.05) is 6.04 Å². The molecule has 1 aliphatic heterocycles. The second-order valence-corrected chi connectivity index (χ2v) is 4.72. The second-order valence-electron chi connectivity index (χ2n) is 4.72. The molecule has 0 N–H and O–H groups in total. The van der Waals surface area contributed by atoms with Crippen molar-refractivity contribution in [2.75, 3.05) is 13.1 Å². The van der Waals surface area contributed by atoms with Crippen LogP contribution in [-0.4, -0.2) is 24.0 Å². The van der Waals surface area contributed by atoms with Crippen molar-refractivity contribution in [3.8, 4) is 0 Å². The summed E-state index contributed by atoms with van der Waals surface area (Å²) in [4.78, 5) is 2.57. The van der Waals surface area contributed by atoms with Crippen molar-refractivity contribution < 1.29 is 58.2 Å². The van der Waals surface area contributed by atoms with Crippen LogP contribution in [0.2, 0.25) is 0 Å². The zero-order valence-corrected chi connectivity index (χ0v) is 15.0. The fourth-order valence-electron chi connectivity index (χ4n) is 2.08. The molecule has 1 unspecified atom stereocenters. The molecule has 1 atom stereocenters. The molecule has 0 radical (unpaired) electrons. The van der Waals surface area contributed by atoms with E-state index in [0.29, 0.717) is 6.04 Å². The van der Waals surface area contributed by atoms with Crippen LogP contribution < -0.4 is 58.2 Å². The van der Waals surface area contributed by atoms with Crippen molar-refractivity contribution in [1.82, 2.24) is 4.90 Å². The van der Waals surface area contributed by atoms with Gasteiger partial charge in [0.05, 0.1) is 0 Å². The van der Waals surface area contributed by atoms with Gasteiger partial charge in [0.15, 0.2) is 0 Å². The Bertz CT molecular complexity index is 145. The van der Waals surface area contributed by atoms with Crippen LogP contribution in [0.5, 0.6) is 0 Å². The molecule has 0 aromatic heterocycles. The van der Waals surface area contributed by atoms with Crippen LogP contribution in [0.25, 0.3) is 0 Å². The summed E-state index contributed by atoms with van der Waals surface area (Å²) in [5, 5.41) is 0. The van der Waals surface area contributed by atoms with E-state index in [4.69, 9.17) is 0 Å². The van der Waals surface area contributed by atoms with Crippen LogP contribution in [0.1, 0.15) is 34.6 Å². The van der Waals surface area contributed by atoms with Gasteiger partial charge in [0.25, 0.3) is 0 Å². The van der Waals surface area contributed by atoms with E-state index >= 15 is 0 Å². The molecule has 2 heteroatoms. The Morgan fingerprint density at radius 1 is 1.23 bits per heavy atom. The van der Waals surface area contributed by atoms with E-state index in [0.717, 1.165) is 11.8 Å². The first-order chi connectivity index (χ1) is 5.52. The third kappa shape index (κ3) is 4.02. The van der Waals surface area contributed by atoms with Gasteiger partial charge >= 0.3 is 58.2 Å². The van der Waals surface area contributed by atoms with Gasteiger partial charge in [-0.15, -0.1) is 12.5 Å². The zero-order valence-electron chi connectivity index (χ0n) is 10.1. The summed E-state index contributed by atoms with van der Waals surface area (Å²) in [5.74, 6) is 3.33. The maximum atomic E-state index is 2.57. The van der Waals surface area contributed by atoms with Crippen molar-refractivity contribution in [1.29, 1.82) is 0 Å². The molecule has 1 nitrogen and oxygen atoms in total. The van der Waals surface area contributed by atoms with E-state index in [2.05, 4.69) is 39.5 Å². The molecule has 1 fully saturated rings. The van der Waals surface area contributed by atoms with Crippen LogP contribution in [-0.2, 0) is 0 Å². The predicted octanol–water partition coefficient (Wildman–Crippen LogP) is -0.419. The zero-order chi connectivity index (χ0) is 9.30. The first-order valence-electron chi connectivity index (χ1n) is 5.08. The summed E-state index contributed by atoms with van der Waals surface area (Å²) in [5.41, 5.74) is 0. The number of hydrogen-bond donors (Lipinski definition) is 0. The monoisotopic (exact) mass is 253 g/mol. The second kappa shape index (κ2) is 6.37. The van der Waals surface area contributed by atoms with Gasteiger partial charge in [-0.05, 0) is 20.4 Å². The van der Waals surface area contributed by atoms with Crippen molar-refractivity contribution in [2.24, 2.45) is 11.8 Å². The first-order valence-corrected chi connectivity index (χ1v) is 5.08. The van der Waals surface area contributed by atoms with Crippen LogP contribution >= 0.6 is 0 Å². The van der Waals surface area contributed by atoms with Gasteiger partial charge in [0.2, 0.25) is 0 Å². The summed E-state index contributed by atoms with van der Waals surface area (Å²) in [6, 6.07) is 0.712. The van der Waals surface area contributed by atoms with Gasteiger partial charge in [-0.3, -0.25) is 5.92 Å². The molecule has 0 amide bonds.